The number of ether oxygens (including phenoxy) is 2. The van der Waals surface area contributed by atoms with Crippen molar-refractivity contribution in [1.82, 2.24) is 4.98 Å². The largest absolute Gasteiger partial charge is 0.493 e. The van der Waals surface area contributed by atoms with Crippen LogP contribution in [0.2, 0.25) is 0 Å². The molecule has 0 aliphatic carbocycles. The molecule has 168 valence electrons. The van der Waals surface area contributed by atoms with E-state index in [2.05, 4.69) is 15.6 Å². The maximum absolute atomic E-state index is 13.7. The fourth-order valence-corrected chi connectivity index (χ4v) is 2.90. The van der Waals surface area contributed by atoms with Gasteiger partial charge in [-0.05, 0) is 48.9 Å². The normalized spacial score (nSPS) is 10.1. The molecule has 0 saturated carbocycles. The molecule has 2 aromatic carbocycles. The number of rotatable bonds is 9. The summed E-state index contributed by atoms with van der Waals surface area (Å²) in [7, 11) is 1.47. The molecule has 0 bridgehead atoms. The molecule has 0 fully saturated rings. The van der Waals surface area contributed by atoms with Gasteiger partial charge < -0.3 is 20.1 Å². The quantitative estimate of drug-likeness (QED) is 0.476. The van der Waals surface area contributed by atoms with Gasteiger partial charge >= 0.3 is 0 Å². The molecule has 0 radical (unpaired) electrons. The van der Waals surface area contributed by atoms with Crippen LogP contribution in [0.3, 0.4) is 0 Å². The second-order valence-electron chi connectivity index (χ2n) is 6.84. The average Bonchev–Trinajstić information content (AvgIpc) is 2.84. The average molecular weight is 448 g/mol. The summed E-state index contributed by atoms with van der Waals surface area (Å²) in [4.78, 5) is 28.7. The van der Waals surface area contributed by atoms with Gasteiger partial charge in [-0.3, -0.25) is 14.6 Å². The van der Waals surface area contributed by atoms with Crippen LogP contribution in [-0.4, -0.2) is 30.5 Å². The Bertz CT molecular complexity index is 1180. The van der Waals surface area contributed by atoms with Gasteiger partial charge in [0, 0.05) is 18.7 Å². The number of carbonyl (C=O) groups is 2. The first-order valence-electron chi connectivity index (χ1n) is 10.0. The van der Waals surface area contributed by atoms with Crippen LogP contribution in [0, 0.1) is 17.1 Å². The van der Waals surface area contributed by atoms with Crippen LogP contribution in [0.4, 0.5) is 15.8 Å². The maximum atomic E-state index is 13.7. The Hall–Kier alpha value is -4.45. The predicted octanol–water partition coefficient (Wildman–Crippen LogP) is 4.15. The van der Waals surface area contributed by atoms with E-state index in [1.807, 2.05) is 6.07 Å². The van der Waals surface area contributed by atoms with E-state index < -0.39 is 11.7 Å². The standard InChI is InChI=1S/C24H21FN4O4/c1-32-22-13-16(15-26)7-10-21(22)33-12-4-6-23(30)28-20-14-17(25)8-9-18(20)29-24(31)19-5-2-3-11-27-19/h2-3,5,7-11,13-14H,4,6,12H2,1H3,(H,28,30)(H,29,31). The van der Waals surface area contributed by atoms with Crippen molar-refractivity contribution in [3.63, 3.8) is 0 Å². The Kier molecular flexibility index (Phi) is 7.91. The third kappa shape index (κ3) is 6.51. The van der Waals surface area contributed by atoms with E-state index in [1.165, 1.54) is 25.4 Å². The summed E-state index contributed by atoms with van der Waals surface area (Å²) >= 11 is 0. The second kappa shape index (κ2) is 11.2. The zero-order chi connectivity index (χ0) is 23.6. The minimum absolute atomic E-state index is 0.0999. The Labute approximate surface area is 190 Å². The van der Waals surface area contributed by atoms with Gasteiger partial charge in [0.1, 0.15) is 11.5 Å². The summed E-state index contributed by atoms with van der Waals surface area (Å²) < 4.78 is 24.6. The fourth-order valence-electron chi connectivity index (χ4n) is 2.90. The molecule has 0 saturated heterocycles. The van der Waals surface area contributed by atoms with E-state index in [9.17, 15) is 14.0 Å². The number of halogens is 1. The van der Waals surface area contributed by atoms with E-state index in [0.717, 1.165) is 6.07 Å². The van der Waals surface area contributed by atoms with Gasteiger partial charge in [0.25, 0.3) is 5.91 Å². The van der Waals surface area contributed by atoms with Crippen molar-refractivity contribution in [3.8, 4) is 17.6 Å². The minimum Gasteiger partial charge on any atom is -0.493 e. The molecule has 1 heterocycles. The maximum Gasteiger partial charge on any atom is 0.274 e. The molecule has 9 heteroatoms. The number of aromatic nitrogens is 1. The van der Waals surface area contributed by atoms with E-state index in [0.29, 0.717) is 23.5 Å². The molecule has 0 atom stereocenters. The third-order valence-electron chi connectivity index (χ3n) is 4.50. The van der Waals surface area contributed by atoms with Gasteiger partial charge in [0.05, 0.1) is 36.7 Å². The molecule has 33 heavy (non-hydrogen) atoms. The van der Waals surface area contributed by atoms with Crippen LogP contribution < -0.4 is 20.1 Å². The highest BCUT2D eigenvalue weighted by Gasteiger charge is 2.13. The number of amides is 2. The van der Waals surface area contributed by atoms with Crippen LogP contribution in [-0.2, 0) is 4.79 Å². The number of nitrogens with zero attached hydrogens (tertiary/aromatic N) is 2. The topological polar surface area (TPSA) is 113 Å². The van der Waals surface area contributed by atoms with Gasteiger partial charge in [-0.1, -0.05) is 6.07 Å². The third-order valence-corrected chi connectivity index (χ3v) is 4.50. The van der Waals surface area contributed by atoms with E-state index in [-0.39, 0.29) is 36.0 Å². The molecular weight excluding hydrogens is 427 g/mol. The number of methoxy groups -OCH3 is 1. The van der Waals surface area contributed by atoms with Crippen molar-refractivity contribution >= 4 is 23.2 Å². The SMILES string of the molecule is COc1cc(C#N)ccc1OCCCC(=O)Nc1cc(F)ccc1NC(=O)c1ccccn1. The molecule has 0 unspecified atom stereocenters. The number of nitriles is 1. The summed E-state index contributed by atoms with van der Waals surface area (Å²) in [5.74, 6) is -0.530. The fraction of sp³-hybridized carbons (Fsp3) is 0.167. The Balaban J connectivity index is 1.55. The smallest absolute Gasteiger partial charge is 0.274 e. The summed E-state index contributed by atoms with van der Waals surface area (Å²) in [6.07, 6.45) is 1.96. The Morgan fingerprint density at radius 1 is 1.06 bits per heavy atom. The molecule has 1 aromatic heterocycles. The first-order chi connectivity index (χ1) is 16.0. The minimum atomic E-state index is -0.558. The monoisotopic (exact) mass is 448 g/mol. The van der Waals surface area contributed by atoms with Crippen LogP contribution in [0.5, 0.6) is 11.5 Å². The first kappa shape index (κ1) is 23.2. The molecule has 2 amide bonds. The zero-order valence-corrected chi connectivity index (χ0v) is 17.8. The van der Waals surface area contributed by atoms with Crippen LogP contribution >= 0.6 is 0 Å². The Morgan fingerprint density at radius 3 is 2.64 bits per heavy atom. The molecule has 8 nitrogen and oxygen atoms in total. The molecule has 3 rings (SSSR count). The molecule has 2 N–H and O–H groups in total. The summed E-state index contributed by atoms with van der Waals surface area (Å²) in [6.45, 7) is 0.224. The highest BCUT2D eigenvalue weighted by molar-refractivity contribution is 6.06. The number of anilines is 2. The second-order valence-corrected chi connectivity index (χ2v) is 6.84. The first-order valence-corrected chi connectivity index (χ1v) is 10.0. The lowest BCUT2D eigenvalue weighted by molar-refractivity contribution is -0.116. The van der Waals surface area contributed by atoms with Crippen molar-refractivity contribution in [1.29, 1.82) is 5.26 Å². The summed E-state index contributed by atoms with van der Waals surface area (Å²) in [6, 6.07) is 15.4. The van der Waals surface area contributed by atoms with E-state index >= 15 is 0 Å². The van der Waals surface area contributed by atoms with Crippen LogP contribution in [0.1, 0.15) is 28.9 Å². The summed E-state index contributed by atoms with van der Waals surface area (Å²) in [5, 5.41) is 14.2. The highest BCUT2D eigenvalue weighted by Crippen LogP contribution is 2.28. The zero-order valence-electron chi connectivity index (χ0n) is 17.8. The van der Waals surface area contributed by atoms with E-state index in [4.69, 9.17) is 14.7 Å². The Morgan fingerprint density at radius 2 is 1.91 bits per heavy atom. The number of hydrogen-bond acceptors (Lipinski definition) is 6. The lowest BCUT2D eigenvalue weighted by Crippen LogP contribution is -2.18. The van der Waals surface area contributed by atoms with Crippen LogP contribution in [0.25, 0.3) is 0 Å². The number of benzene rings is 2. The van der Waals surface area contributed by atoms with Crippen molar-refractivity contribution in [3.05, 3.63) is 77.9 Å². The van der Waals surface area contributed by atoms with Crippen molar-refractivity contribution in [2.75, 3.05) is 24.4 Å². The predicted molar refractivity (Wildman–Crippen MR) is 120 cm³/mol. The van der Waals surface area contributed by atoms with Gasteiger partial charge in [-0.25, -0.2) is 4.39 Å². The van der Waals surface area contributed by atoms with Gasteiger partial charge in [-0.15, -0.1) is 0 Å². The lowest BCUT2D eigenvalue weighted by Gasteiger charge is -2.13. The number of carbonyl (C=O) groups excluding carboxylic acids is 2. The molecule has 0 spiro atoms. The molecule has 0 aliphatic rings. The summed E-state index contributed by atoms with van der Waals surface area (Å²) in [5.41, 5.74) is 1.02. The van der Waals surface area contributed by atoms with Gasteiger partial charge in [0.15, 0.2) is 11.5 Å². The van der Waals surface area contributed by atoms with Crippen molar-refractivity contribution in [2.24, 2.45) is 0 Å². The number of nitrogens with one attached hydrogen (secondary N) is 2. The van der Waals surface area contributed by atoms with Gasteiger partial charge in [0.2, 0.25) is 5.91 Å². The van der Waals surface area contributed by atoms with Crippen molar-refractivity contribution in [2.45, 2.75) is 12.8 Å². The van der Waals surface area contributed by atoms with Crippen molar-refractivity contribution < 1.29 is 23.5 Å². The van der Waals surface area contributed by atoms with E-state index in [1.54, 1.807) is 36.4 Å². The molecular formula is C24H21FN4O4. The number of pyridine rings is 1. The molecule has 0 aliphatic heterocycles. The number of hydrogen-bond donors (Lipinski definition) is 2. The highest BCUT2D eigenvalue weighted by atomic mass is 19.1. The lowest BCUT2D eigenvalue weighted by atomic mass is 10.2. The molecule has 3 aromatic rings. The van der Waals surface area contributed by atoms with Crippen LogP contribution in [0.15, 0.2) is 60.8 Å². The van der Waals surface area contributed by atoms with Gasteiger partial charge in [-0.2, -0.15) is 5.26 Å².